The molecule has 1 atom stereocenters. The van der Waals surface area contributed by atoms with Crippen molar-refractivity contribution in [3.63, 3.8) is 0 Å². The Morgan fingerprint density at radius 2 is 2.00 bits per heavy atom. The molecule has 0 saturated carbocycles. The maximum absolute atomic E-state index is 12.6. The van der Waals surface area contributed by atoms with E-state index >= 15 is 0 Å². The molecule has 0 unspecified atom stereocenters. The number of hydrogen-bond acceptors (Lipinski definition) is 5. The van der Waals surface area contributed by atoms with E-state index in [9.17, 15) is 19.7 Å². The molecule has 0 spiro atoms. The quantitative estimate of drug-likeness (QED) is 0.656. The van der Waals surface area contributed by atoms with Crippen LogP contribution in [0.5, 0.6) is 5.75 Å². The zero-order valence-electron chi connectivity index (χ0n) is 14.0. The van der Waals surface area contributed by atoms with Crippen molar-refractivity contribution in [2.75, 3.05) is 23.9 Å². The first-order valence-corrected chi connectivity index (χ1v) is 7.98. The molecule has 1 aliphatic rings. The van der Waals surface area contributed by atoms with Gasteiger partial charge in [0.15, 0.2) is 0 Å². The molecule has 1 N–H and O–H groups in total. The van der Waals surface area contributed by atoms with Crippen LogP contribution in [0.1, 0.15) is 6.42 Å². The van der Waals surface area contributed by atoms with E-state index in [1.54, 1.807) is 17.0 Å². The van der Waals surface area contributed by atoms with Gasteiger partial charge in [0.2, 0.25) is 11.8 Å². The summed E-state index contributed by atoms with van der Waals surface area (Å²) in [6.45, 7) is 0.229. The predicted molar refractivity (Wildman–Crippen MR) is 95.2 cm³/mol. The largest absolute Gasteiger partial charge is 0.497 e. The lowest BCUT2D eigenvalue weighted by Crippen LogP contribution is -2.28. The molecule has 2 aromatic rings. The van der Waals surface area contributed by atoms with E-state index in [0.717, 1.165) is 5.69 Å². The lowest BCUT2D eigenvalue weighted by atomic mass is 10.1. The third-order valence-electron chi connectivity index (χ3n) is 4.22. The average Bonchev–Trinajstić information content (AvgIpc) is 3.04. The predicted octanol–water partition coefficient (Wildman–Crippen LogP) is 2.60. The average molecular weight is 355 g/mol. The van der Waals surface area contributed by atoms with Crippen LogP contribution < -0.4 is 15.0 Å². The molecule has 26 heavy (non-hydrogen) atoms. The maximum Gasteiger partial charge on any atom is 0.293 e. The van der Waals surface area contributed by atoms with Gasteiger partial charge in [0, 0.05) is 30.8 Å². The number of carbonyl (C=O) groups is 2. The summed E-state index contributed by atoms with van der Waals surface area (Å²) >= 11 is 0. The number of methoxy groups -OCH3 is 1. The normalized spacial score (nSPS) is 16.4. The van der Waals surface area contributed by atoms with Crippen molar-refractivity contribution < 1.29 is 19.2 Å². The van der Waals surface area contributed by atoms with Gasteiger partial charge in [-0.25, -0.2) is 0 Å². The number of benzene rings is 2. The Hall–Kier alpha value is -3.42. The standard InChI is InChI=1S/C18H17N3O5/c1-26-14-7-8-16(21(24)25)15(10-14)19-18(23)12-9-17(22)20(11-12)13-5-3-2-4-6-13/h2-8,10,12H,9,11H2,1H3,(H,19,23)/t12-/m0/s1. The van der Waals surface area contributed by atoms with Gasteiger partial charge < -0.3 is 15.0 Å². The SMILES string of the molecule is COc1ccc([N+](=O)[O-])c(NC(=O)[C@H]2CC(=O)N(c3ccccc3)C2)c1. The van der Waals surface area contributed by atoms with Crippen molar-refractivity contribution in [1.82, 2.24) is 0 Å². The first kappa shape index (κ1) is 17.4. The maximum atomic E-state index is 12.6. The number of hydrogen-bond donors (Lipinski definition) is 1. The van der Waals surface area contributed by atoms with Gasteiger partial charge in [-0.2, -0.15) is 0 Å². The van der Waals surface area contributed by atoms with Crippen molar-refractivity contribution in [2.45, 2.75) is 6.42 Å². The molecule has 8 nitrogen and oxygen atoms in total. The van der Waals surface area contributed by atoms with Gasteiger partial charge >= 0.3 is 0 Å². The van der Waals surface area contributed by atoms with Crippen LogP contribution in [-0.2, 0) is 9.59 Å². The van der Waals surface area contributed by atoms with E-state index in [1.807, 2.05) is 18.2 Å². The molecular formula is C18H17N3O5. The highest BCUT2D eigenvalue weighted by molar-refractivity contribution is 6.04. The fourth-order valence-corrected chi connectivity index (χ4v) is 2.88. The van der Waals surface area contributed by atoms with E-state index in [0.29, 0.717) is 5.75 Å². The lowest BCUT2D eigenvalue weighted by Gasteiger charge is -2.16. The van der Waals surface area contributed by atoms with Crippen molar-refractivity contribution in [1.29, 1.82) is 0 Å². The number of carbonyl (C=O) groups excluding carboxylic acids is 2. The molecule has 1 fully saturated rings. The Labute approximate surface area is 149 Å². The van der Waals surface area contributed by atoms with Crippen LogP contribution in [0.25, 0.3) is 0 Å². The summed E-state index contributed by atoms with van der Waals surface area (Å²) in [5, 5.41) is 13.7. The van der Waals surface area contributed by atoms with E-state index in [-0.39, 0.29) is 30.2 Å². The number of anilines is 2. The number of nitrogens with zero attached hydrogens (tertiary/aromatic N) is 2. The van der Waals surface area contributed by atoms with Crippen LogP contribution in [-0.4, -0.2) is 30.4 Å². The second-order valence-electron chi connectivity index (χ2n) is 5.87. The van der Waals surface area contributed by atoms with Crippen molar-refractivity contribution in [3.05, 3.63) is 58.6 Å². The third-order valence-corrected chi connectivity index (χ3v) is 4.22. The van der Waals surface area contributed by atoms with Crippen LogP contribution >= 0.6 is 0 Å². The van der Waals surface area contributed by atoms with Gasteiger partial charge in [0.05, 0.1) is 18.0 Å². The van der Waals surface area contributed by atoms with Crippen LogP contribution in [0.2, 0.25) is 0 Å². The lowest BCUT2D eigenvalue weighted by molar-refractivity contribution is -0.383. The van der Waals surface area contributed by atoms with E-state index in [2.05, 4.69) is 5.32 Å². The fraction of sp³-hybridized carbons (Fsp3) is 0.222. The van der Waals surface area contributed by atoms with Gasteiger partial charge in [0.25, 0.3) is 5.69 Å². The zero-order chi connectivity index (χ0) is 18.7. The van der Waals surface area contributed by atoms with Crippen LogP contribution in [0.15, 0.2) is 48.5 Å². The summed E-state index contributed by atoms with van der Waals surface area (Å²) in [5.41, 5.74) is 0.536. The highest BCUT2D eigenvalue weighted by Crippen LogP contribution is 2.31. The van der Waals surface area contributed by atoms with E-state index in [1.165, 1.54) is 25.3 Å². The number of para-hydroxylation sites is 1. The summed E-state index contributed by atoms with van der Waals surface area (Å²) in [5.74, 6) is -0.794. The molecule has 1 saturated heterocycles. The van der Waals surface area contributed by atoms with Crippen molar-refractivity contribution >= 4 is 28.9 Å². The smallest absolute Gasteiger partial charge is 0.293 e. The monoisotopic (exact) mass is 355 g/mol. The number of rotatable bonds is 5. The van der Waals surface area contributed by atoms with Gasteiger partial charge in [-0.15, -0.1) is 0 Å². The summed E-state index contributed by atoms with van der Waals surface area (Å²) in [6.07, 6.45) is 0.0541. The summed E-state index contributed by atoms with van der Waals surface area (Å²) in [7, 11) is 1.43. The minimum absolute atomic E-state index is 0.0463. The van der Waals surface area contributed by atoms with Gasteiger partial charge in [-0.1, -0.05) is 18.2 Å². The van der Waals surface area contributed by atoms with Gasteiger partial charge in [-0.05, 0) is 18.2 Å². The summed E-state index contributed by atoms with van der Waals surface area (Å²) < 4.78 is 5.05. The molecule has 0 aromatic heterocycles. The third kappa shape index (κ3) is 3.49. The number of nitrogens with one attached hydrogen (secondary N) is 1. The number of ether oxygens (including phenoxy) is 1. The van der Waals surface area contributed by atoms with Gasteiger partial charge in [0.1, 0.15) is 11.4 Å². The first-order chi connectivity index (χ1) is 12.5. The molecule has 2 aromatic carbocycles. The Kier molecular flexibility index (Phi) is 4.83. The summed E-state index contributed by atoms with van der Waals surface area (Å²) in [6, 6.07) is 13.2. The van der Waals surface area contributed by atoms with Crippen LogP contribution in [0.4, 0.5) is 17.1 Å². The van der Waals surface area contributed by atoms with Gasteiger partial charge in [-0.3, -0.25) is 19.7 Å². The Bertz CT molecular complexity index is 853. The number of nitro benzene ring substituents is 1. The molecule has 0 aliphatic carbocycles. The highest BCUT2D eigenvalue weighted by Gasteiger charge is 2.35. The Balaban J connectivity index is 1.77. The molecule has 1 aliphatic heterocycles. The fourth-order valence-electron chi connectivity index (χ4n) is 2.88. The minimum Gasteiger partial charge on any atom is -0.497 e. The molecule has 2 amide bonds. The second kappa shape index (κ2) is 7.22. The number of amides is 2. The zero-order valence-corrected chi connectivity index (χ0v) is 14.0. The molecule has 1 heterocycles. The molecule has 0 bridgehead atoms. The summed E-state index contributed by atoms with van der Waals surface area (Å²) in [4.78, 5) is 36.9. The van der Waals surface area contributed by atoms with Crippen molar-refractivity contribution in [2.24, 2.45) is 5.92 Å². The van der Waals surface area contributed by atoms with Crippen molar-refractivity contribution in [3.8, 4) is 5.75 Å². The molecule has 3 rings (SSSR count). The Morgan fingerprint density at radius 1 is 1.27 bits per heavy atom. The Morgan fingerprint density at radius 3 is 2.65 bits per heavy atom. The van der Waals surface area contributed by atoms with E-state index in [4.69, 9.17) is 4.74 Å². The van der Waals surface area contributed by atoms with Crippen LogP contribution in [0, 0.1) is 16.0 Å². The first-order valence-electron chi connectivity index (χ1n) is 7.98. The molecule has 134 valence electrons. The number of nitro groups is 1. The minimum atomic E-state index is -0.589. The molecule has 8 heteroatoms. The van der Waals surface area contributed by atoms with E-state index < -0.39 is 16.7 Å². The van der Waals surface area contributed by atoms with Crippen LogP contribution in [0.3, 0.4) is 0 Å². The topological polar surface area (TPSA) is 102 Å². The highest BCUT2D eigenvalue weighted by atomic mass is 16.6. The second-order valence-corrected chi connectivity index (χ2v) is 5.87. The molecule has 0 radical (unpaired) electrons. The molecular weight excluding hydrogens is 338 g/mol.